The van der Waals surface area contributed by atoms with Crippen LogP contribution in [0.2, 0.25) is 0 Å². The van der Waals surface area contributed by atoms with Crippen molar-refractivity contribution >= 4 is 39.3 Å². The number of thiazole rings is 1. The molecule has 28 heavy (non-hydrogen) atoms. The Morgan fingerprint density at radius 1 is 1.21 bits per heavy atom. The number of carbonyl (C=O) groups is 2. The Hall–Kier alpha value is -3.60. The Labute approximate surface area is 159 Å². The molecule has 1 aromatic carbocycles. The Bertz CT molecular complexity index is 1200. The van der Waals surface area contributed by atoms with Crippen LogP contribution in [0, 0.1) is 0 Å². The molecule has 4 aromatic rings. The minimum Gasteiger partial charge on any atom is -0.364 e. The number of hydrogen-bond donors (Lipinski definition) is 4. The molecular formula is C17H12F2N6O2S. The zero-order valence-corrected chi connectivity index (χ0v) is 14.8. The molecule has 0 unspecified atom stereocenters. The number of nitrogens with one attached hydrogen (secondary N) is 3. The maximum Gasteiger partial charge on any atom is 0.295 e. The second-order valence-corrected chi connectivity index (χ2v) is 6.67. The van der Waals surface area contributed by atoms with Crippen molar-refractivity contribution < 1.29 is 18.4 Å². The maximum absolute atomic E-state index is 12.7. The third kappa shape index (κ3) is 3.34. The van der Waals surface area contributed by atoms with Gasteiger partial charge in [0.05, 0.1) is 16.7 Å². The fourth-order valence-electron chi connectivity index (χ4n) is 2.59. The largest absolute Gasteiger partial charge is 0.364 e. The summed E-state index contributed by atoms with van der Waals surface area (Å²) in [6, 6.07) is 6.00. The summed E-state index contributed by atoms with van der Waals surface area (Å²) in [5.41, 5.74) is 7.64. The van der Waals surface area contributed by atoms with Gasteiger partial charge in [-0.2, -0.15) is 0 Å². The van der Waals surface area contributed by atoms with Crippen LogP contribution in [0.5, 0.6) is 0 Å². The van der Waals surface area contributed by atoms with E-state index in [2.05, 4.69) is 25.3 Å². The van der Waals surface area contributed by atoms with Gasteiger partial charge in [-0.25, -0.2) is 18.7 Å². The summed E-state index contributed by atoms with van der Waals surface area (Å²) < 4.78 is 25.5. The number of carbonyl (C=O) groups excluding carboxylic acids is 2. The van der Waals surface area contributed by atoms with Crippen molar-refractivity contribution in [1.29, 1.82) is 0 Å². The fourth-order valence-corrected chi connectivity index (χ4v) is 3.31. The van der Waals surface area contributed by atoms with E-state index in [1.54, 1.807) is 17.6 Å². The number of fused-ring (bicyclic) bond motifs is 1. The van der Waals surface area contributed by atoms with Crippen molar-refractivity contribution in [2.75, 3.05) is 5.32 Å². The molecule has 3 aromatic heterocycles. The molecule has 0 saturated heterocycles. The van der Waals surface area contributed by atoms with Crippen LogP contribution in [0.4, 0.5) is 13.9 Å². The van der Waals surface area contributed by atoms with Crippen LogP contribution in [0.15, 0.2) is 35.8 Å². The number of benzene rings is 1. The molecule has 2 amide bonds. The molecule has 0 atom stereocenters. The van der Waals surface area contributed by atoms with E-state index in [0.717, 1.165) is 0 Å². The number of rotatable bonds is 5. The lowest BCUT2D eigenvalue weighted by atomic mass is 10.2. The van der Waals surface area contributed by atoms with Gasteiger partial charge in [-0.05, 0) is 24.3 Å². The number of amides is 2. The van der Waals surface area contributed by atoms with E-state index in [-0.39, 0.29) is 11.3 Å². The molecule has 0 spiro atoms. The van der Waals surface area contributed by atoms with Gasteiger partial charge in [0.1, 0.15) is 5.69 Å². The molecule has 4 rings (SSSR count). The molecular weight excluding hydrogens is 390 g/mol. The number of alkyl halides is 2. The van der Waals surface area contributed by atoms with Crippen LogP contribution >= 0.6 is 11.3 Å². The molecule has 11 heteroatoms. The van der Waals surface area contributed by atoms with Gasteiger partial charge in [-0.1, -0.05) is 0 Å². The lowest BCUT2D eigenvalue weighted by Gasteiger charge is -2.01. The van der Waals surface area contributed by atoms with Crippen molar-refractivity contribution in [2.45, 2.75) is 6.43 Å². The monoisotopic (exact) mass is 402 g/mol. The SMILES string of the molecule is NC(=O)c1cc(-c2csc(NC(=O)c3ccc4nc(C(F)F)[nH]c4c3)n2)c[nH]1. The first-order chi connectivity index (χ1) is 13.4. The molecule has 0 aliphatic carbocycles. The van der Waals surface area contributed by atoms with E-state index >= 15 is 0 Å². The van der Waals surface area contributed by atoms with Crippen LogP contribution < -0.4 is 11.1 Å². The zero-order chi connectivity index (χ0) is 19.8. The smallest absolute Gasteiger partial charge is 0.295 e. The number of anilines is 1. The van der Waals surface area contributed by atoms with Crippen molar-refractivity contribution in [2.24, 2.45) is 5.73 Å². The molecule has 0 aliphatic rings. The Balaban J connectivity index is 1.52. The van der Waals surface area contributed by atoms with E-state index in [1.807, 2.05) is 0 Å². The van der Waals surface area contributed by atoms with E-state index in [0.29, 0.717) is 27.4 Å². The first-order valence-electron chi connectivity index (χ1n) is 7.94. The molecule has 142 valence electrons. The summed E-state index contributed by atoms with van der Waals surface area (Å²) in [5.74, 6) is -1.47. The molecule has 0 bridgehead atoms. The van der Waals surface area contributed by atoms with Crippen LogP contribution in [-0.4, -0.2) is 31.8 Å². The first kappa shape index (κ1) is 17.8. The summed E-state index contributed by atoms with van der Waals surface area (Å²) in [4.78, 5) is 36.9. The number of primary amides is 1. The molecule has 0 aliphatic heterocycles. The van der Waals surface area contributed by atoms with Gasteiger partial charge < -0.3 is 15.7 Å². The number of halogens is 2. The summed E-state index contributed by atoms with van der Waals surface area (Å²) in [5, 5.41) is 4.72. The molecule has 0 saturated carbocycles. The Kier molecular flexibility index (Phi) is 4.35. The first-order valence-corrected chi connectivity index (χ1v) is 8.82. The van der Waals surface area contributed by atoms with Crippen LogP contribution in [0.25, 0.3) is 22.3 Å². The van der Waals surface area contributed by atoms with Crippen LogP contribution in [-0.2, 0) is 0 Å². The van der Waals surface area contributed by atoms with Gasteiger partial charge in [-0.3, -0.25) is 14.9 Å². The summed E-state index contributed by atoms with van der Waals surface area (Å²) >= 11 is 1.20. The van der Waals surface area contributed by atoms with Crippen LogP contribution in [0.1, 0.15) is 33.1 Å². The van der Waals surface area contributed by atoms with Gasteiger partial charge in [0.25, 0.3) is 18.2 Å². The number of imidazole rings is 1. The van der Waals surface area contributed by atoms with Gasteiger partial charge in [0, 0.05) is 22.7 Å². The normalized spacial score (nSPS) is 11.2. The minimum absolute atomic E-state index is 0.254. The van der Waals surface area contributed by atoms with Crippen molar-refractivity contribution in [3.05, 3.63) is 52.9 Å². The number of nitrogens with two attached hydrogens (primary N) is 1. The molecule has 8 nitrogen and oxygen atoms in total. The lowest BCUT2D eigenvalue weighted by molar-refractivity contribution is 0.0994. The quantitative estimate of drug-likeness (QED) is 0.408. The second kappa shape index (κ2) is 6.85. The highest BCUT2D eigenvalue weighted by Crippen LogP contribution is 2.26. The third-order valence-corrected chi connectivity index (χ3v) is 4.70. The summed E-state index contributed by atoms with van der Waals surface area (Å²) in [7, 11) is 0. The Morgan fingerprint density at radius 3 is 2.75 bits per heavy atom. The predicted octanol–water partition coefficient (Wildman–Crippen LogP) is 3.30. The topological polar surface area (TPSA) is 130 Å². The molecule has 0 radical (unpaired) electrons. The number of nitrogens with zero attached hydrogens (tertiary/aromatic N) is 2. The van der Waals surface area contributed by atoms with E-state index < -0.39 is 24.1 Å². The van der Waals surface area contributed by atoms with Gasteiger partial charge in [0.2, 0.25) is 0 Å². The van der Waals surface area contributed by atoms with Gasteiger partial charge in [-0.15, -0.1) is 11.3 Å². The maximum atomic E-state index is 12.7. The summed E-state index contributed by atoms with van der Waals surface area (Å²) in [6.45, 7) is 0. The highest BCUT2D eigenvalue weighted by molar-refractivity contribution is 7.14. The molecule has 5 N–H and O–H groups in total. The van der Waals surface area contributed by atoms with Crippen molar-refractivity contribution in [1.82, 2.24) is 19.9 Å². The fraction of sp³-hybridized carbons (Fsp3) is 0.0588. The molecule has 3 heterocycles. The highest BCUT2D eigenvalue weighted by Gasteiger charge is 2.15. The number of H-pyrrole nitrogens is 2. The average molecular weight is 402 g/mol. The van der Waals surface area contributed by atoms with Gasteiger partial charge >= 0.3 is 0 Å². The number of aromatic nitrogens is 4. The number of aromatic amines is 2. The summed E-state index contributed by atoms with van der Waals surface area (Å²) in [6.07, 6.45) is -1.13. The third-order valence-electron chi connectivity index (χ3n) is 3.94. The average Bonchev–Trinajstić information content (AvgIpc) is 3.39. The minimum atomic E-state index is -2.72. The Morgan fingerprint density at radius 2 is 2.04 bits per heavy atom. The van der Waals surface area contributed by atoms with E-state index in [9.17, 15) is 18.4 Å². The van der Waals surface area contributed by atoms with Gasteiger partial charge in [0.15, 0.2) is 11.0 Å². The van der Waals surface area contributed by atoms with E-state index in [4.69, 9.17) is 5.73 Å². The predicted molar refractivity (Wildman–Crippen MR) is 99.4 cm³/mol. The van der Waals surface area contributed by atoms with Crippen molar-refractivity contribution in [3.63, 3.8) is 0 Å². The van der Waals surface area contributed by atoms with E-state index in [1.165, 1.54) is 29.5 Å². The van der Waals surface area contributed by atoms with Crippen LogP contribution in [0.3, 0.4) is 0 Å². The highest BCUT2D eigenvalue weighted by atomic mass is 32.1. The second-order valence-electron chi connectivity index (χ2n) is 5.81. The lowest BCUT2D eigenvalue weighted by Crippen LogP contribution is -2.11. The zero-order valence-electron chi connectivity index (χ0n) is 14.0. The van der Waals surface area contributed by atoms with Crippen molar-refractivity contribution in [3.8, 4) is 11.3 Å². The number of hydrogen-bond acceptors (Lipinski definition) is 5. The standard InChI is InChI=1S/C17H12F2N6O2S/c18-13(19)15-22-9-2-1-7(3-10(9)23-15)16(27)25-17-24-12(6-28-17)8-4-11(14(20)26)21-5-8/h1-6,13,21H,(H2,20,26)(H,22,23)(H,24,25,27). The molecule has 0 fully saturated rings.